The summed E-state index contributed by atoms with van der Waals surface area (Å²) >= 11 is 1.67. The summed E-state index contributed by atoms with van der Waals surface area (Å²) in [5.74, 6) is 0.876. The van der Waals surface area contributed by atoms with Gasteiger partial charge in [0.2, 0.25) is 0 Å². The number of hydrogen-bond acceptors (Lipinski definition) is 4. The second-order valence-corrected chi connectivity index (χ2v) is 6.75. The predicted molar refractivity (Wildman–Crippen MR) is 85.1 cm³/mol. The summed E-state index contributed by atoms with van der Waals surface area (Å²) in [5, 5.41) is 0. The van der Waals surface area contributed by atoms with Gasteiger partial charge in [-0.3, -0.25) is 0 Å². The van der Waals surface area contributed by atoms with E-state index in [1.54, 1.807) is 11.8 Å². The molecule has 20 heavy (non-hydrogen) atoms. The van der Waals surface area contributed by atoms with Crippen LogP contribution in [0.15, 0.2) is 23.1 Å². The van der Waals surface area contributed by atoms with Gasteiger partial charge < -0.3 is 14.0 Å². The highest BCUT2D eigenvalue weighted by Gasteiger charge is 2.52. The molecular weight excluding hydrogens is 271 g/mol. The monoisotopic (exact) mass is 294 g/mol. The first-order valence-corrected chi connectivity index (χ1v) is 8.20. The molecule has 1 aliphatic heterocycles. The van der Waals surface area contributed by atoms with Crippen LogP contribution < -0.4 is 10.2 Å². The van der Waals surface area contributed by atoms with Crippen molar-refractivity contribution in [1.82, 2.24) is 0 Å². The fourth-order valence-electron chi connectivity index (χ4n) is 2.15. The van der Waals surface area contributed by atoms with E-state index in [0.29, 0.717) is 6.61 Å². The molecule has 0 atom stereocenters. The summed E-state index contributed by atoms with van der Waals surface area (Å²) in [5.41, 5.74) is 0.296. The van der Waals surface area contributed by atoms with Gasteiger partial charge in [-0.15, -0.1) is 11.8 Å². The maximum atomic E-state index is 6.13. The minimum Gasteiger partial charge on any atom is -0.493 e. The Morgan fingerprint density at radius 2 is 1.75 bits per heavy atom. The third-order valence-corrected chi connectivity index (χ3v) is 4.79. The maximum absolute atomic E-state index is 6.13. The average molecular weight is 294 g/mol. The molecule has 1 aromatic rings. The quantitative estimate of drug-likeness (QED) is 0.630. The van der Waals surface area contributed by atoms with Crippen molar-refractivity contribution in [2.24, 2.45) is 0 Å². The number of para-hydroxylation sites is 1. The molecule has 0 N–H and O–H groups in total. The van der Waals surface area contributed by atoms with E-state index >= 15 is 0 Å². The molecule has 0 amide bonds. The van der Waals surface area contributed by atoms with Gasteiger partial charge in [0, 0.05) is 10.4 Å². The van der Waals surface area contributed by atoms with E-state index in [9.17, 15) is 0 Å². The van der Waals surface area contributed by atoms with Crippen LogP contribution >= 0.6 is 11.8 Å². The summed E-state index contributed by atoms with van der Waals surface area (Å²) in [4.78, 5) is 1.11. The zero-order chi connectivity index (χ0) is 15.0. The second-order valence-electron chi connectivity index (χ2n) is 5.90. The van der Waals surface area contributed by atoms with Crippen molar-refractivity contribution in [3.63, 3.8) is 0 Å². The molecule has 5 heteroatoms. The molecule has 0 aliphatic carbocycles. The molecule has 1 aliphatic rings. The van der Waals surface area contributed by atoms with E-state index in [1.165, 1.54) is 0 Å². The van der Waals surface area contributed by atoms with Crippen LogP contribution in [0.1, 0.15) is 34.6 Å². The number of benzene rings is 1. The minimum atomic E-state index is -0.381. The highest BCUT2D eigenvalue weighted by Crippen LogP contribution is 2.38. The Kier molecular flexibility index (Phi) is 4.43. The molecule has 0 unspecified atom stereocenters. The van der Waals surface area contributed by atoms with Crippen molar-refractivity contribution in [3.05, 3.63) is 18.2 Å². The molecule has 0 saturated carbocycles. The third kappa shape index (κ3) is 2.71. The lowest BCUT2D eigenvalue weighted by Crippen LogP contribution is -2.41. The van der Waals surface area contributed by atoms with Crippen LogP contribution in [-0.4, -0.2) is 31.2 Å². The number of rotatable bonds is 4. The van der Waals surface area contributed by atoms with Crippen molar-refractivity contribution < 1.29 is 14.0 Å². The Hall–Kier alpha value is -0.645. The highest BCUT2D eigenvalue weighted by atomic mass is 32.2. The number of thioether (sulfide) groups is 1. The summed E-state index contributed by atoms with van der Waals surface area (Å²) in [6.45, 7) is 10.9. The Morgan fingerprint density at radius 1 is 1.15 bits per heavy atom. The molecule has 1 heterocycles. The van der Waals surface area contributed by atoms with Gasteiger partial charge in [0.25, 0.3) is 0 Å². The topological polar surface area (TPSA) is 27.7 Å². The van der Waals surface area contributed by atoms with E-state index in [2.05, 4.69) is 33.8 Å². The van der Waals surface area contributed by atoms with Crippen LogP contribution in [0.5, 0.6) is 5.75 Å². The first-order valence-electron chi connectivity index (χ1n) is 6.97. The van der Waals surface area contributed by atoms with Crippen LogP contribution in [-0.2, 0) is 9.31 Å². The molecular formula is C15H23BO3S. The minimum absolute atomic E-state index is 0.337. The molecule has 2 rings (SSSR count). The molecule has 1 aromatic carbocycles. The molecule has 0 spiro atoms. The zero-order valence-electron chi connectivity index (χ0n) is 13.1. The second kappa shape index (κ2) is 5.62. The molecule has 110 valence electrons. The van der Waals surface area contributed by atoms with Crippen molar-refractivity contribution in [1.29, 1.82) is 0 Å². The number of hydrogen-bond donors (Lipinski definition) is 0. The van der Waals surface area contributed by atoms with Crippen LogP contribution in [0.3, 0.4) is 0 Å². The standard InChI is InChI=1S/C15H23BO3S/c1-7-17-13-11(9-8-10-12(13)20-6)16-18-14(2,3)15(4,5)19-16/h8-10H,7H2,1-6H3. The van der Waals surface area contributed by atoms with Gasteiger partial charge in [-0.25, -0.2) is 0 Å². The van der Waals surface area contributed by atoms with Crippen LogP contribution in [0.25, 0.3) is 0 Å². The van der Waals surface area contributed by atoms with Crippen LogP contribution in [0, 0.1) is 0 Å². The van der Waals surface area contributed by atoms with Crippen molar-refractivity contribution in [2.75, 3.05) is 12.9 Å². The Labute approximate surface area is 126 Å². The first kappa shape index (κ1) is 15.7. The van der Waals surface area contributed by atoms with Crippen LogP contribution in [0.4, 0.5) is 0 Å². The average Bonchev–Trinajstić information content (AvgIpc) is 2.59. The summed E-state index contributed by atoms with van der Waals surface area (Å²) < 4.78 is 18.1. The van der Waals surface area contributed by atoms with Crippen molar-refractivity contribution in [3.8, 4) is 5.75 Å². The van der Waals surface area contributed by atoms with Gasteiger partial charge in [0.05, 0.1) is 17.8 Å². The molecule has 0 radical (unpaired) electrons. The van der Waals surface area contributed by atoms with E-state index in [-0.39, 0.29) is 18.3 Å². The number of ether oxygens (including phenoxy) is 1. The van der Waals surface area contributed by atoms with Gasteiger partial charge in [-0.2, -0.15) is 0 Å². The lowest BCUT2D eigenvalue weighted by molar-refractivity contribution is 0.00578. The molecule has 3 nitrogen and oxygen atoms in total. The predicted octanol–water partition coefficient (Wildman–Crippen LogP) is 3.11. The highest BCUT2D eigenvalue weighted by molar-refractivity contribution is 7.98. The van der Waals surface area contributed by atoms with Gasteiger partial charge in [-0.1, -0.05) is 12.1 Å². The molecule has 0 bridgehead atoms. The Morgan fingerprint density at radius 3 is 2.25 bits per heavy atom. The van der Waals surface area contributed by atoms with E-state index in [4.69, 9.17) is 14.0 Å². The summed E-state index contributed by atoms with van der Waals surface area (Å²) in [6.07, 6.45) is 2.05. The Bertz CT molecular complexity index is 472. The van der Waals surface area contributed by atoms with Gasteiger partial charge in [0.1, 0.15) is 5.75 Å². The fourth-order valence-corrected chi connectivity index (χ4v) is 2.72. The first-order chi connectivity index (χ1) is 9.32. The van der Waals surface area contributed by atoms with Crippen molar-refractivity contribution >= 4 is 24.3 Å². The summed E-state index contributed by atoms with van der Waals surface area (Å²) in [7, 11) is -0.381. The lowest BCUT2D eigenvalue weighted by Gasteiger charge is -2.32. The van der Waals surface area contributed by atoms with Gasteiger partial charge >= 0.3 is 7.12 Å². The fraction of sp³-hybridized carbons (Fsp3) is 0.600. The molecule has 1 saturated heterocycles. The summed E-state index contributed by atoms with van der Waals surface area (Å²) in [6, 6.07) is 6.10. The largest absolute Gasteiger partial charge is 0.498 e. The molecule has 0 aromatic heterocycles. The third-order valence-electron chi connectivity index (χ3n) is 4.03. The van der Waals surface area contributed by atoms with Crippen LogP contribution in [0.2, 0.25) is 0 Å². The van der Waals surface area contributed by atoms with Gasteiger partial charge in [0.15, 0.2) is 0 Å². The lowest BCUT2D eigenvalue weighted by atomic mass is 9.78. The smallest absolute Gasteiger partial charge is 0.493 e. The maximum Gasteiger partial charge on any atom is 0.498 e. The SMILES string of the molecule is CCOc1c(SC)cccc1B1OC(C)(C)C(C)(C)O1. The normalized spacial score (nSPS) is 20.2. The zero-order valence-corrected chi connectivity index (χ0v) is 14.0. The molecule has 1 fully saturated rings. The van der Waals surface area contributed by atoms with Crippen molar-refractivity contribution in [2.45, 2.75) is 50.7 Å². The van der Waals surface area contributed by atoms with E-state index in [0.717, 1.165) is 16.1 Å². The van der Waals surface area contributed by atoms with E-state index < -0.39 is 0 Å². The Balaban J connectivity index is 2.39. The van der Waals surface area contributed by atoms with Gasteiger partial charge in [-0.05, 0) is 46.9 Å². The van der Waals surface area contributed by atoms with E-state index in [1.807, 2.05) is 25.3 Å².